The normalized spacial score (nSPS) is 10.2. The molecule has 0 bridgehead atoms. The van der Waals surface area contributed by atoms with Gasteiger partial charge in [-0.05, 0) is 34.8 Å². The van der Waals surface area contributed by atoms with Crippen molar-refractivity contribution in [3.05, 3.63) is 33.2 Å². The predicted octanol–water partition coefficient (Wildman–Crippen LogP) is 1.37. The van der Waals surface area contributed by atoms with Crippen molar-refractivity contribution in [1.82, 2.24) is 9.88 Å². The number of pyridine rings is 1. The molecule has 2 N–H and O–H groups in total. The van der Waals surface area contributed by atoms with Crippen LogP contribution in [0.5, 0.6) is 0 Å². The summed E-state index contributed by atoms with van der Waals surface area (Å²) in [6.07, 6.45) is 3.81. The lowest BCUT2D eigenvalue weighted by molar-refractivity contribution is -0.137. The lowest BCUT2D eigenvalue weighted by Crippen LogP contribution is -2.32. The number of hydrogen-bond acceptors (Lipinski definition) is 3. The van der Waals surface area contributed by atoms with Gasteiger partial charge >= 0.3 is 5.97 Å². The molecule has 20 heavy (non-hydrogen) atoms. The van der Waals surface area contributed by atoms with E-state index < -0.39 is 5.97 Å². The van der Waals surface area contributed by atoms with E-state index in [0.29, 0.717) is 13.0 Å². The van der Waals surface area contributed by atoms with Gasteiger partial charge in [-0.3, -0.25) is 14.4 Å². The summed E-state index contributed by atoms with van der Waals surface area (Å²) in [5.41, 5.74) is -0.232. The number of carboxylic acid groups (broad SMARTS) is 1. The first-order valence-corrected chi connectivity index (χ1v) is 7.13. The lowest BCUT2D eigenvalue weighted by Gasteiger charge is -2.07. The molecule has 0 saturated heterocycles. The molecule has 0 unspecified atom stereocenters. The molecular formula is C13H17BrN2O4. The zero-order chi connectivity index (χ0) is 15.0. The highest BCUT2D eigenvalue weighted by molar-refractivity contribution is 9.10. The third-order valence-electron chi connectivity index (χ3n) is 2.65. The molecule has 110 valence electrons. The fourth-order valence-electron chi connectivity index (χ4n) is 1.64. The maximum Gasteiger partial charge on any atom is 0.303 e. The summed E-state index contributed by atoms with van der Waals surface area (Å²) in [7, 11) is 0. The average Bonchev–Trinajstić information content (AvgIpc) is 2.37. The first-order valence-electron chi connectivity index (χ1n) is 6.33. The first kappa shape index (κ1) is 16.4. The quantitative estimate of drug-likeness (QED) is 0.697. The van der Waals surface area contributed by atoms with Crippen LogP contribution in [0.3, 0.4) is 0 Å². The Morgan fingerprint density at radius 2 is 2.00 bits per heavy atom. The van der Waals surface area contributed by atoms with Crippen molar-refractivity contribution in [3.8, 4) is 0 Å². The van der Waals surface area contributed by atoms with Gasteiger partial charge in [0.2, 0.25) is 5.91 Å². The smallest absolute Gasteiger partial charge is 0.303 e. The highest BCUT2D eigenvalue weighted by atomic mass is 79.9. The number of carbonyl (C=O) groups is 2. The number of hydrogen-bond donors (Lipinski definition) is 2. The second-order valence-corrected chi connectivity index (χ2v) is 5.28. The van der Waals surface area contributed by atoms with Gasteiger partial charge in [-0.25, -0.2) is 0 Å². The summed E-state index contributed by atoms with van der Waals surface area (Å²) >= 11 is 3.24. The van der Waals surface area contributed by atoms with Gasteiger partial charge in [0.15, 0.2) is 0 Å². The Hall–Kier alpha value is -1.63. The highest BCUT2D eigenvalue weighted by Gasteiger charge is 2.04. The zero-order valence-corrected chi connectivity index (χ0v) is 12.6. The van der Waals surface area contributed by atoms with Gasteiger partial charge in [-0.15, -0.1) is 0 Å². The van der Waals surface area contributed by atoms with E-state index in [2.05, 4.69) is 21.2 Å². The van der Waals surface area contributed by atoms with Gasteiger partial charge in [-0.2, -0.15) is 0 Å². The maximum absolute atomic E-state index is 11.6. The van der Waals surface area contributed by atoms with Crippen LogP contribution in [0.25, 0.3) is 0 Å². The number of amides is 1. The van der Waals surface area contributed by atoms with Crippen LogP contribution in [-0.4, -0.2) is 28.1 Å². The van der Waals surface area contributed by atoms with Crippen molar-refractivity contribution in [3.63, 3.8) is 0 Å². The van der Waals surface area contributed by atoms with Crippen molar-refractivity contribution in [2.24, 2.45) is 0 Å². The standard InChI is InChI=1S/C13H17BrN2O4/c14-10-5-6-12(18)16(8-10)9-11(17)15-7-3-1-2-4-13(19)20/h5-6,8H,1-4,7,9H2,(H,15,17)(H,19,20). The summed E-state index contributed by atoms with van der Waals surface area (Å²) < 4.78 is 2.06. The van der Waals surface area contributed by atoms with Gasteiger partial charge < -0.3 is 15.0 Å². The zero-order valence-electron chi connectivity index (χ0n) is 11.0. The van der Waals surface area contributed by atoms with Gasteiger partial charge in [0.25, 0.3) is 5.56 Å². The molecule has 0 fully saturated rings. The Labute approximate surface area is 124 Å². The predicted molar refractivity (Wildman–Crippen MR) is 77.5 cm³/mol. The fraction of sp³-hybridized carbons (Fsp3) is 0.462. The molecule has 0 aliphatic rings. The molecule has 0 saturated carbocycles. The van der Waals surface area contributed by atoms with Crippen LogP contribution in [-0.2, 0) is 16.1 Å². The van der Waals surface area contributed by atoms with Crippen molar-refractivity contribution in [1.29, 1.82) is 0 Å². The largest absolute Gasteiger partial charge is 0.481 e. The molecule has 1 rings (SSSR count). The lowest BCUT2D eigenvalue weighted by atomic mass is 10.2. The Morgan fingerprint density at radius 1 is 1.25 bits per heavy atom. The van der Waals surface area contributed by atoms with E-state index >= 15 is 0 Å². The Balaban J connectivity index is 2.25. The number of unbranched alkanes of at least 4 members (excludes halogenated alkanes) is 2. The number of nitrogens with one attached hydrogen (secondary N) is 1. The van der Waals surface area contributed by atoms with E-state index in [9.17, 15) is 14.4 Å². The van der Waals surface area contributed by atoms with Gasteiger partial charge in [0.05, 0.1) is 0 Å². The van der Waals surface area contributed by atoms with Crippen LogP contribution in [0, 0.1) is 0 Å². The third-order valence-corrected chi connectivity index (χ3v) is 3.12. The Morgan fingerprint density at radius 3 is 2.70 bits per heavy atom. The second-order valence-electron chi connectivity index (χ2n) is 4.37. The van der Waals surface area contributed by atoms with Crippen molar-refractivity contribution in [2.75, 3.05) is 6.54 Å². The van der Waals surface area contributed by atoms with E-state index in [-0.39, 0.29) is 24.4 Å². The van der Waals surface area contributed by atoms with Crippen molar-refractivity contribution < 1.29 is 14.7 Å². The minimum Gasteiger partial charge on any atom is -0.481 e. The van der Waals surface area contributed by atoms with Crippen LogP contribution in [0.1, 0.15) is 25.7 Å². The summed E-state index contributed by atoms with van der Waals surface area (Å²) in [5.74, 6) is -1.04. The topological polar surface area (TPSA) is 88.4 Å². The minimum atomic E-state index is -0.803. The highest BCUT2D eigenvalue weighted by Crippen LogP contribution is 2.04. The van der Waals surface area contributed by atoms with E-state index in [1.54, 1.807) is 12.3 Å². The van der Waals surface area contributed by atoms with E-state index in [1.165, 1.54) is 10.6 Å². The number of carbonyl (C=O) groups excluding carboxylic acids is 1. The second kappa shape index (κ2) is 8.52. The van der Waals surface area contributed by atoms with Crippen LogP contribution in [0.2, 0.25) is 0 Å². The van der Waals surface area contributed by atoms with Gasteiger partial charge in [0.1, 0.15) is 6.54 Å². The molecule has 7 heteroatoms. The summed E-state index contributed by atoms with van der Waals surface area (Å²) in [5, 5.41) is 11.2. The number of aliphatic carboxylic acids is 1. The van der Waals surface area contributed by atoms with Crippen molar-refractivity contribution in [2.45, 2.75) is 32.2 Å². The summed E-state index contributed by atoms with van der Waals surface area (Å²) in [6, 6.07) is 3.02. The number of aromatic nitrogens is 1. The summed E-state index contributed by atoms with van der Waals surface area (Å²) in [6.45, 7) is 0.467. The SMILES string of the molecule is O=C(O)CCCCCNC(=O)Cn1cc(Br)ccc1=O. The molecule has 6 nitrogen and oxygen atoms in total. The van der Waals surface area contributed by atoms with Gasteiger partial charge in [0, 0.05) is 29.7 Å². The maximum atomic E-state index is 11.6. The Bertz CT molecular complexity index is 527. The first-order chi connectivity index (χ1) is 9.49. The van der Waals surface area contributed by atoms with Crippen molar-refractivity contribution >= 4 is 27.8 Å². The third kappa shape index (κ3) is 6.51. The van der Waals surface area contributed by atoms with E-state index in [1.807, 2.05) is 0 Å². The van der Waals surface area contributed by atoms with Gasteiger partial charge in [-0.1, -0.05) is 6.42 Å². The number of halogens is 1. The van der Waals surface area contributed by atoms with E-state index in [4.69, 9.17) is 5.11 Å². The molecule has 0 aliphatic heterocycles. The minimum absolute atomic E-state index is 0.0204. The molecule has 0 aromatic carbocycles. The Kier molecular flexibility index (Phi) is 7.00. The fourth-order valence-corrected chi connectivity index (χ4v) is 2.02. The number of carboxylic acids is 1. The van der Waals surface area contributed by atoms with E-state index in [0.717, 1.165) is 17.3 Å². The molecule has 0 atom stereocenters. The molecule has 1 aromatic rings. The van der Waals surface area contributed by atoms with Crippen LogP contribution >= 0.6 is 15.9 Å². The molecular weight excluding hydrogens is 328 g/mol. The molecule has 0 radical (unpaired) electrons. The monoisotopic (exact) mass is 344 g/mol. The number of nitrogens with zero attached hydrogens (tertiary/aromatic N) is 1. The van der Waals surface area contributed by atoms with Crippen LogP contribution < -0.4 is 10.9 Å². The number of rotatable bonds is 8. The van der Waals surface area contributed by atoms with Crippen LogP contribution in [0.4, 0.5) is 0 Å². The molecule has 1 amide bonds. The molecule has 1 heterocycles. The summed E-state index contributed by atoms with van der Waals surface area (Å²) in [4.78, 5) is 33.4. The average molecular weight is 345 g/mol. The molecule has 0 aliphatic carbocycles. The van der Waals surface area contributed by atoms with Crippen LogP contribution in [0.15, 0.2) is 27.6 Å². The molecule has 0 spiro atoms. The molecule has 1 aromatic heterocycles.